The Hall–Kier alpha value is -1.62. The average Bonchev–Trinajstić information content (AvgIpc) is 3.08. The van der Waals surface area contributed by atoms with Crippen molar-refractivity contribution < 1.29 is 23.8 Å². The van der Waals surface area contributed by atoms with Crippen LogP contribution in [0.2, 0.25) is 0 Å². The molecular formula is C17H24O5. The molecule has 0 radical (unpaired) electrons. The summed E-state index contributed by atoms with van der Waals surface area (Å²) in [6.07, 6.45) is 4.07. The quantitative estimate of drug-likeness (QED) is 0.453. The number of rotatable bonds is 4. The maximum Gasteiger partial charge on any atom is 0.323 e. The number of carbonyl (C=O) groups excluding carboxylic acids is 2. The Morgan fingerprint density at radius 3 is 2.36 bits per heavy atom. The fourth-order valence-corrected chi connectivity index (χ4v) is 3.82. The SMILES string of the molecule is C=C[C@@H]1CC[C@@](C)([C@H]2CC(C(=O)OC)(C(=O)OC)CC2=C)O1. The van der Waals surface area contributed by atoms with Crippen LogP contribution >= 0.6 is 0 Å². The van der Waals surface area contributed by atoms with Crippen LogP contribution in [-0.2, 0) is 23.8 Å². The van der Waals surface area contributed by atoms with Crippen LogP contribution in [0.4, 0.5) is 0 Å². The Bertz CT molecular complexity index is 493. The lowest BCUT2D eigenvalue weighted by molar-refractivity contribution is -0.169. The van der Waals surface area contributed by atoms with E-state index in [1.807, 2.05) is 6.92 Å². The molecule has 0 unspecified atom stereocenters. The summed E-state index contributed by atoms with van der Waals surface area (Å²) in [4.78, 5) is 24.5. The third-order valence-electron chi connectivity index (χ3n) is 5.07. The van der Waals surface area contributed by atoms with Gasteiger partial charge in [0.15, 0.2) is 5.41 Å². The molecule has 1 saturated carbocycles. The van der Waals surface area contributed by atoms with Crippen molar-refractivity contribution in [3.63, 3.8) is 0 Å². The van der Waals surface area contributed by atoms with Gasteiger partial charge in [-0.1, -0.05) is 18.2 Å². The maximum absolute atomic E-state index is 12.2. The van der Waals surface area contributed by atoms with E-state index in [4.69, 9.17) is 14.2 Å². The second-order valence-electron chi connectivity index (χ2n) is 6.40. The minimum Gasteiger partial charge on any atom is -0.468 e. The van der Waals surface area contributed by atoms with Gasteiger partial charge in [0.25, 0.3) is 0 Å². The molecule has 1 heterocycles. The molecule has 0 aromatic heterocycles. The predicted octanol–water partition coefficient (Wildman–Crippen LogP) is 2.41. The molecule has 3 atom stereocenters. The summed E-state index contributed by atoms with van der Waals surface area (Å²) in [5.41, 5.74) is -0.910. The summed E-state index contributed by atoms with van der Waals surface area (Å²) in [6.45, 7) is 9.86. The van der Waals surface area contributed by atoms with E-state index in [0.29, 0.717) is 6.42 Å². The Labute approximate surface area is 131 Å². The molecule has 1 aliphatic heterocycles. The molecule has 2 aliphatic rings. The largest absolute Gasteiger partial charge is 0.468 e. The average molecular weight is 308 g/mol. The molecule has 1 aliphatic carbocycles. The van der Waals surface area contributed by atoms with Crippen LogP contribution < -0.4 is 0 Å². The Morgan fingerprint density at radius 2 is 1.91 bits per heavy atom. The topological polar surface area (TPSA) is 61.8 Å². The number of methoxy groups -OCH3 is 2. The van der Waals surface area contributed by atoms with Gasteiger partial charge in [-0.3, -0.25) is 9.59 Å². The number of carbonyl (C=O) groups is 2. The lowest BCUT2D eigenvalue weighted by Crippen LogP contribution is -2.41. The van der Waals surface area contributed by atoms with Crippen molar-refractivity contribution in [3.05, 3.63) is 24.8 Å². The molecular weight excluding hydrogens is 284 g/mol. The molecule has 0 N–H and O–H groups in total. The number of esters is 2. The molecule has 0 aromatic carbocycles. The highest BCUT2D eigenvalue weighted by atomic mass is 16.5. The van der Waals surface area contributed by atoms with Gasteiger partial charge in [-0.15, -0.1) is 6.58 Å². The second kappa shape index (κ2) is 5.88. The van der Waals surface area contributed by atoms with Crippen molar-refractivity contribution in [1.29, 1.82) is 0 Å². The summed E-state index contributed by atoms with van der Waals surface area (Å²) in [5.74, 6) is -1.22. The monoisotopic (exact) mass is 308 g/mol. The zero-order chi connectivity index (χ0) is 16.5. The second-order valence-corrected chi connectivity index (χ2v) is 6.40. The van der Waals surface area contributed by atoms with Crippen LogP contribution in [0.25, 0.3) is 0 Å². The molecule has 122 valence electrons. The van der Waals surface area contributed by atoms with E-state index in [2.05, 4.69) is 13.2 Å². The van der Waals surface area contributed by atoms with Crippen LogP contribution in [-0.4, -0.2) is 37.9 Å². The number of hydrogen-bond acceptors (Lipinski definition) is 5. The predicted molar refractivity (Wildman–Crippen MR) is 81.0 cm³/mol. The Balaban J connectivity index is 2.30. The molecule has 1 saturated heterocycles. The fourth-order valence-electron chi connectivity index (χ4n) is 3.82. The first kappa shape index (κ1) is 16.7. The van der Waals surface area contributed by atoms with Crippen molar-refractivity contribution in [2.45, 2.75) is 44.3 Å². The standard InChI is InChI=1S/C17H24O5/c1-6-12-7-8-16(3,22-12)13-10-17(9-11(13)2,14(18)20-4)15(19)21-5/h6,12-13H,1-2,7-10H2,3-5H3/t12-,13+,16+/m1/s1. The summed E-state index contributed by atoms with van der Waals surface area (Å²) in [6, 6.07) is 0. The van der Waals surface area contributed by atoms with Crippen molar-refractivity contribution in [2.75, 3.05) is 14.2 Å². The summed E-state index contributed by atoms with van der Waals surface area (Å²) in [5, 5.41) is 0. The van der Waals surface area contributed by atoms with E-state index in [0.717, 1.165) is 18.4 Å². The first-order valence-corrected chi connectivity index (χ1v) is 7.48. The molecule has 2 fully saturated rings. The molecule has 5 heteroatoms. The third kappa shape index (κ3) is 2.47. The number of ether oxygens (including phenoxy) is 3. The minimum atomic E-state index is -1.30. The van der Waals surface area contributed by atoms with Crippen LogP contribution in [0.3, 0.4) is 0 Å². The molecule has 0 spiro atoms. The van der Waals surface area contributed by atoms with E-state index in [9.17, 15) is 9.59 Å². The zero-order valence-corrected chi connectivity index (χ0v) is 13.5. The van der Waals surface area contributed by atoms with Gasteiger partial charge >= 0.3 is 11.9 Å². The van der Waals surface area contributed by atoms with E-state index >= 15 is 0 Å². The van der Waals surface area contributed by atoms with Crippen LogP contribution in [0, 0.1) is 11.3 Å². The normalized spacial score (nSPS) is 33.5. The molecule has 0 aromatic rings. The Kier molecular flexibility index (Phi) is 4.47. The lowest BCUT2D eigenvalue weighted by atomic mass is 9.79. The van der Waals surface area contributed by atoms with E-state index < -0.39 is 23.0 Å². The van der Waals surface area contributed by atoms with Gasteiger partial charge < -0.3 is 14.2 Å². The fraction of sp³-hybridized carbons (Fsp3) is 0.647. The van der Waals surface area contributed by atoms with Gasteiger partial charge in [0.05, 0.1) is 25.9 Å². The van der Waals surface area contributed by atoms with Gasteiger partial charge in [0.1, 0.15) is 0 Å². The summed E-state index contributed by atoms with van der Waals surface area (Å²) < 4.78 is 15.8. The maximum atomic E-state index is 12.2. The smallest absolute Gasteiger partial charge is 0.323 e. The molecule has 0 bridgehead atoms. The first-order valence-electron chi connectivity index (χ1n) is 7.48. The van der Waals surface area contributed by atoms with Crippen molar-refractivity contribution in [3.8, 4) is 0 Å². The van der Waals surface area contributed by atoms with Gasteiger partial charge in [-0.2, -0.15) is 0 Å². The minimum absolute atomic E-state index is 0.00375. The third-order valence-corrected chi connectivity index (χ3v) is 5.07. The highest BCUT2D eigenvalue weighted by Gasteiger charge is 2.59. The molecule has 0 amide bonds. The van der Waals surface area contributed by atoms with Crippen molar-refractivity contribution in [1.82, 2.24) is 0 Å². The lowest BCUT2D eigenvalue weighted by Gasteiger charge is -2.33. The highest BCUT2D eigenvalue weighted by molar-refractivity contribution is 6.01. The molecule has 2 rings (SSSR count). The van der Waals surface area contributed by atoms with Gasteiger partial charge in [0, 0.05) is 5.92 Å². The Morgan fingerprint density at radius 1 is 1.32 bits per heavy atom. The van der Waals surface area contributed by atoms with E-state index in [1.54, 1.807) is 6.08 Å². The number of hydrogen-bond donors (Lipinski definition) is 0. The van der Waals surface area contributed by atoms with Gasteiger partial charge in [-0.25, -0.2) is 0 Å². The van der Waals surface area contributed by atoms with Crippen LogP contribution in [0.15, 0.2) is 24.8 Å². The summed E-state index contributed by atoms with van der Waals surface area (Å²) in [7, 11) is 2.56. The van der Waals surface area contributed by atoms with Crippen molar-refractivity contribution in [2.24, 2.45) is 11.3 Å². The van der Waals surface area contributed by atoms with Crippen LogP contribution in [0.5, 0.6) is 0 Å². The molecule has 5 nitrogen and oxygen atoms in total. The van der Waals surface area contributed by atoms with Gasteiger partial charge in [0.2, 0.25) is 0 Å². The van der Waals surface area contributed by atoms with Gasteiger partial charge in [-0.05, 0) is 32.6 Å². The first-order chi connectivity index (χ1) is 10.3. The van der Waals surface area contributed by atoms with E-state index in [-0.39, 0.29) is 18.4 Å². The van der Waals surface area contributed by atoms with E-state index in [1.165, 1.54) is 14.2 Å². The summed E-state index contributed by atoms with van der Waals surface area (Å²) >= 11 is 0. The van der Waals surface area contributed by atoms with Crippen LogP contribution in [0.1, 0.15) is 32.6 Å². The van der Waals surface area contributed by atoms with Crippen molar-refractivity contribution >= 4 is 11.9 Å². The highest BCUT2D eigenvalue weighted by Crippen LogP contribution is 2.54. The molecule has 22 heavy (non-hydrogen) atoms. The zero-order valence-electron chi connectivity index (χ0n) is 13.5.